The van der Waals surface area contributed by atoms with Crippen molar-refractivity contribution in [1.82, 2.24) is 5.32 Å². The molecule has 2 saturated heterocycles. The zero-order valence-electron chi connectivity index (χ0n) is 11.5. The fourth-order valence-electron chi connectivity index (χ4n) is 3.42. The van der Waals surface area contributed by atoms with Gasteiger partial charge >= 0.3 is 0 Å². The van der Waals surface area contributed by atoms with Crippen LogP contribution in [-0.2, 0) is 4.74 Å². The number of rotatable bonds is 3. The smallest absolute Gasteiger partial charge is 0.0783 e. The van der Waals surface area contributed by atoms with E-state index >= 15 is 0 Å². The van der Waals surface area contributed by atoms with Crippen molar-refractivity contribution in [1.29, 1.82) is 0 Å². The molecule has 0 saturated carbocycles. The first-order valence-electron chi connectivity index (χ1n) is 6.97. The molecule has 3 heterocycles. The molecular formula is C14H19Br2NOS2. The summed E-state index contributed by atoms with van der Waals surface area (Å²) in [6.07, 6.45) is 3.56. The van der Waals surface area contributed by atoms with Crippen LogP contribution in [0.3, 0.4) is 0 Å². The van der Waals surface area contributed by atoms with Gasteiger partial charge in [-0.25, -0.2) is 0 Å². The Morgan fingerprint density at radius 2 is 2.35 bits per heavy atom. The van der Waals surface area contributed by atoms with E-state index in [1.807, 2.05) is 11.8 Å². The van der Waals surface area contributed by atoms with Crippen LogP contribution in [0.1, 0.15) is 30.9 Å². The van der Waals surface area contributed by atoms with E-state index in [-0.39, 0.29) is 5.60 Å². The predicted molar refractivity (Wildman–Crippen MR) is 94.9 cm³/mol. The summed E-state index contributed by atoms with van der Waals surface area (Å²) in [5.74, 6) is 3.09. The maximum absolute atomic E-state index is 6.16. The van der Waals surface area contributed by atoms with E-state index in [1.54, 1.807) is 11.3 Å². The molecule has 0 bridgehead atoms. The molecule has 20 heavy (non-hydrogen) atoms. The molecule has 2 nitrogen and oxygen atoms in total. The number of thioether (sulfide) groups is 1. The van der Waals surface area contributed by atoms with Crippen LogP contribution in [-0.4, -0.2) is 30.8 Å². The Bertz CT molecular complexity index is 474. The maximum Gasteiger partial charge on any atom is 0.0783 e. The molecule has 1 aromatic rings. The molecular weight excluding hydrogens is 422 g/mol. The second-order valence-electron chi connectivity index (χ2n) is 5.63. The molecule has 1 spiro atoms. The van der Waals surface area contributed by atoms with Crippen LogP contribution in [0.25, 0.3) is 0 Å². The third kappa shape index (κ3) is 3.15. The lowest BCUT2D eigenvalue weighted by Crippen LogP contribution is -2.43. The lowest BCUT2D eigenvalue weighted by atomic mass is 9.79. The van der Waals surface area contributed by atoms with Crippen molar-refractivity contribution in [3.8, 4) is 0 Å². The van der Waals surface area contributed by atoms with E-state index in [9.17, 15) is 0 Å². The summed E-state index contributed by atoms with van der Waals surface area (Å²) in [5, 5.41) is 3.54. The van der Waals surface area contributed by atoms with E-state index in [1.165, 1.54) is 37.5 Å². The Kier molecular flexibility index (Phi) is 5.21. The second kappa shape index (κ2) is 6.59. The molecule has 1 N–H and O–H groups in total. The molecule has 3 unspecified atom stereocenters. The monoisotopic (exact) mass is 439 g/mol. The molecule has 2 fully saturated rings. The number of hydrogen-bond acceptors (Lipinski definition) is 4. The van der Waals surface area contributed by atoms with Crippen molar-refractivity contribution in [3.05, 3.63) is 19.2 Å². The van der Waals surface area contributed by atoms with Crippen LogP contribution in [0, 0.1) is 5.92 Å². The lowest BCUT2D eigenvalue weighted by molar-refractivity contribution is -0.0850. The van der Waals surface area contributed by atoms with Crippen molar-refractivity contribution < 1.29 is 4.74 Å². The second-order valence-corrected chi connectivity index (χ2v) is 10.5. The van der Waals surface area contributed by atoms with Gasteiger partial charge in [0.15, 0.2) is 0 Å². The van der Waals surface area contributed by atoms with Gasteiger partial charge in [-0.2, -0.15) is 11.8 Å². The summed E-state index contributed by atoms with van der Waals surface area (Å²) in [6.45, 7) is 0.909. The molecule has 1 aromatic heterocycles. The maximum atomic E-state index is 6.16. The largest absolute Gasteiger partial charge is 0.374 e. The molecule has 0 aliphatic carbocycles. The molecule has 112 valence electrons. The third-order valence-electron chi connectivity index (χ3n) is 4.40. The number of hydrogen-bond donors (Lipinski definition) is 1. The van der Waals surface area contributed by atoms with Gasteiger partial charge in [-0.3, -0.25) is 0 Å². The first-order valence-corrected chi connectivity index (χ1v) is 10.5. The molecule has 0 radical (unpaired) electrons. The Balaban J connectivity index is 1.80. The Morgan fingerprint density at radius 3 is 2.95 bits per heavy atom. The van der Waals surface area contributed by atoms with Gasteiger partial charge in [0.05, 0.1) is 13.2 Å². The molecule has 3 rings (SSSR count). The van der Waals surface area contributed by atoms with Crippen LogP contribution in [0.2, 0.25) is 0 Å². The topological polar surface area (TPSA) is 21.3 Å². The van der Waals surface area contributed by atoms with Gasteiger partial charge < -0.3 is 10.1 Å². The summed E-state index contributed by atoms with van der Waals surface area (Å²) in [6, 6.07) is 2.67. The minimum atomic E-state index is 0.155. The van der Waals surface area contributed by atoms with Gasteiger partial charge in [-0.15, -0.1) is 11.3 Å². The first kappa shape index (κ1) is 15.8. The zero-order chi connectivity index (χ0) is 14.2. The van der Waals surface area contributed by atoms with Crippen LogP contribution in [0.15, 0.2) is 13.6 Å². The summed E-state index contributed by atoms with van der Waals surface area (Å²) in [5.41, 5.74) is 1.54. The van der Waals surface area contributed by atoms with E-state index in [4.69, 9.17) is 4.74 Å². The predicted octanol–water partition coefficient (Wildman–Crippen LogP) is 4.84. The summed E-state index contributed by atoms with van der Waals surface area (Å²) in [7, 11) is 2.08. The molecule has 2 aliphatic rings. The van der Waals surface area contributed by atoms with Crippen molar-refractivity contribution in [2.24, 2.45) is 5.92 Å². The summed E-state index contributed by atoms with van der Waals surface area (Å²) < 4.78 is 8.59. The highest BCUT2D eigenvalue weighted by Crippen LogP contribution is 2.46. The highest BCUT2D eigenvalue weighted by molar-refractivity contribution is 9.12. The SMILES string of the molecule is CNC(c1cc(Br)sc1Br)C1CCOC2(CCSC2)C1. The average Bonchev–Trinajstić information content (AvgIpc) is 2.99. The zero-order valence-corrected chi connectivity index (χ0v) is 16.3. The molecule has 2 aliphatic heterocycles. The highest BCUT2D eigenvalue weighted by atomic mass is 79.9. The van der Waals surface area contributed by atoms with E-state index in [0.717, 1.165) is 13.0 Å². The molecule has 3 atom stereocenters. The molecule has 0 aromatic carbocycles. The number of halogens is 2. The van der Waals surface area contributed by atoms with Crippen LogP contribution in [0.4, 0.5) is 0 Å². The minimum Gasteiger partial charge on any atom is -0.374 e. The van der Waals surface area contributed by atoms with Gasteiger partial charge in [0, 0.05) is 18.4 Å². The quantitative estimate of drug-likeness (QED) is 0.726. The van der Waals surface area contributed by atoms with Crippen LogP contribution < -0.4 is 5.32 Å². The minimum absolute atomic E-state index is 0.155. The number of nitrogens with one attached hydrogen (secondary N) is 1. The fourth-order valence-corrected chi connectivity index (χ4v) is 7.73. The fraction of sp³-hybridized carbons (Fsp3) is 0.714. The summed E-state index contributed by atoms with van der Waals surface area (Å²) in [4.78, 5) is 0. The molecule has 0 amide bonds. The number of ether oxygens (including phenoxy) is 1. The van der Waals surface area contributed by atoms with E-state index < -0.39 is 0 Å². The summed E-state index contributed by atoms with van der Waals surface area (Å²) >= 11 is 11.1. The van der Waals surface area contributed by atoms with Crippen molar-refractivity contribution in [3.63, 3.8) is 0 Å². The average molecular weight is 441 g/mol. The van der Waals surface area contributed by atoms with E-state index in [2.05, 4.69) is 50.3 Å². The highest BCUT2D eigenvalue weighted by Gasteiger charge is 2.42. The number of thiophene rings is 1. The van der Waals surface area contributed by atoms with Crippen molar-refractivity contribution in [2.75, 3.05) is 25.2 Å². The Hall–Kier alpha value is 0.930. The van der Waals surface area contributed by atoms with Gasteiger partial charge in [-0.05, 0) is 81.5 Å². The van der Waals surface area contributed by atoms with E-state index in [0.29, 0.717) is 12.0 Å². The van der Waals surface area contributed by atoms with Crippen LogP contribution in [0.5, 0.6) is 0 Å². The van der Waals surface area contributed by atoms with Crippen LogP contribution >= 0.6 is 55.0 Å². The van der Waals surface area contributed by atoms with Gasteiger partial charge in [-0.1, -0.05) is 0 Å². The van der Waals surface area contributed by atoms with Crippen molar-refractivity contribution >= 4 is 55.0 Å². The first-order chi connectivity index (χ1) is 9.63. The molecule has 6 heteroatoms. The standard InChI is InChI=1S/C14H19Br2NOS2/c1-17-12(10-6-11(15)20-13(10)16)9-2-4-18-14(7-9)3-5-19-8-14/h6,9,12,17H,2-5,7-8H2,1H3. The van der Waals surface area contributed by atoms with Crippen molar-refractivity contribution in [2.45, 2.75) is 30.9 Å². The van der Waals surface area contributed by atoms with Gasteiger partial charge in [0.25, 0.3) is 0 Å². The Morgan fingerprint density at radius 1 is 1.50 bits per heavy atom. The lowest BCUT2D eigenvalue weighted by Gasteiger charge is -2.41. The Labute approximate surface area is 145 Å². The van der Waals surface area contributed by atoms with Gasteiger partial charge in [0.2, 0.25) is 0 Å². The van der Waals surface area contributed by atoms with Gasteiger partial charge in [0.1, 0.15) is 0 Å². The third-order valence-corrected chi connectivity index (χ3v) is 8.01. The normalized spacial score (nSPS) is 31.9.